The van der Waals surface area contributed by atoms with E-state index < -0.39 is 0 Å². The van der Waals surface area contributed by atoms with Crippen molar-refractivity contribution in [2.75, 3.05) is 19.7 Å². The van der Waals surface area contributed by atoms with E-state index in [1.165, 1.54) is 11.0 Å². The number of nitrogens with zero attached hydrogens (tertiary/aromatic N) is 4. The molecular formula is C13H14N4O2. The number of aliphatic hydroxyl groups excluding tert-OH is 1. The van der Waals surface area contributed by atoms with E-state index in [0.717, 1.165) is 5.69 Å². The third kappa shape index (κ3) is 2.22. The van der Waals surface area contributed by atoms with Crippen LogP contribution < -0.4 is 0 Å². The van der Waals surface area contributed by atoms with E-state index in [0.29, 0.717) is 18.8 Å². The molecule has 1 amide bonds. The second-order valence-corrected chi connectivity index (χ2v) is 4.61. The highest BCUT2D eigenvalue weighted by Crippen LogP contribution is 2.17. The summed E-state index contributed by atoms with van der Waals surface area (Å²) in [5, 5.41) is 17.2. The van der Waals surface area contributed by atoms with Crippen LogP contribution in [0.2, 0.25) is 0 Å². The maximum Gasteiger partial charge on any atom is 0.276 e. The van der Waals surface area contributed by atoms with Crippen molar-refractivity contribution >= 4 is 5.91 Å². The lowest BCUT2D eigenvalue weighted by atomic mass is 10.0. The number of para-hydroxylation sites is 1. The molecule has 1 aliphatic heterocycles. The summed E-state index contributed by atoms with van der Waals surface area (Å²) >= 11 is 0. The molecule has 3 rings (SSSR count). The molecule has 0 unspecified atom stereocenters. The minimum atomic E-state index is -0.133. The first-order valence-electron chi connectivity index (χ1n) is 6.16. The topological polar surface area (TPSA) is 71.2 Å². The molecular weight excluding hydrogens is 244 g/mol. The van der Waals surface area contributed by atoms with Gasteiger partial charge in [0.2, 0.25) is 0 Å². The van der Waals surface area contributed by atoms with Crippen molar-refractivity contribution in [1.29, 1.82) is 0 Å². The quantitative estimate of drug-likeness (QED) is 0.861. The van der Waals surface area contributed by atoms with Crippen LogP contribution >= 0.6 is 0 Å². The molecule has 6 nitrogen and oxygen atoms in total. The summed E-state index contributed by atoms with van der Waals surface area (Å²) in [5.74, 6) is 0.0694. The number of aromatic nitrogens is 3. The van der Waals surface area contributed by atoms with Gasteiger partial charge < -0.3 is 10.0 Å². The third-order valence-electron chi connectivity index (χ3n) is 3.20. The number of carbonyl (C=O) groups excluding carboxylic acids is 1. The highest BCUT2D eigenvalue weighted by Gasteiger charge is 2.31. The Morgan fingerprint density at radius 3 is 2.74 bits per heavy atom. The zero-order chi connectivity index (χ0) is 13.2. The van der Waals surface area contributed by atoms with E-state index in [9.17, 15) is 4.79 Å². The Balaban J connectivity index is 1.73. The number of rotatable bonds is 3. The van der Waals surface area contributed by atoms with Crippen molar-refractivity contribution in [3.05, 3.63) is 42.2 Å². The fraction of sp³-hybridized carbons (Fsp3) is 0.308. The Bertz CT molecular complexity index is 575. The van der Waals surface area contributed by atoms with Gasteiger partial charge in [-0.2, -0.15) is 9.90 Å². The van der Waals surface area contributed by atoms with Gasteiger partial charge in [-0.1, -0.05) is 18.2 Å². The highest BCUT2D eigenvalue weighted by atomic mass is 16.3. The average Bonchev–Trinajstić information content (AvgIpc) is 2.88. The Hall–Kier alpha value is -2.21. The predicted molar refractivity (Wildman–Crippen MR) is 67.8 cm³/mol. The normalized spacial score (nSPS) is 15.3. The van der Waals surface area contributed by atoms with Gasteiger partial charge in [0.15, 0.2) is 5.69 Å². The Morgan fingerprint density at radius 1 is 1.32 bits per heavy atom. The highest BCUT2D eigenvalue weighted by molar-refractivity contribution is 5.92. The molecule has 1 aromatic heterocycles. The molecule has 98 valence electrons. The van der Waals surface area contributed by atoms with Crippen LogP contribution in [0.3, 0.4) is 0 Å². The van der Waals surface area contributed by atoms with Crippen molar-refractivity contribution in [2.45, 2.75) is 0 Å². The zero-order valence-corrected chi connectivity index (χ0v) is 10.3. The van der Waals surface area contributed by atoms with Crippen molar-refractivity contribution in [3.63, 3.8) is 0 Å². The van der Waals surface area contributed by atoms with E-state index >= 15 is 0 Å². The van der Waals surface area contributed by atoms with Crippen LogP contribution in [0, 0.1) is 5.92 Å². The van der Waals surface area contributed by atoms with Gasteiger partial charge in [-0.25, -0.2) is 0 Å². The zero-order valence-electron chi connectivity index (χ0n) is 10.3. The smallest absolute Gasteiger partial charge is 0.276 e. The number of hydrogen-bond donors (Lipinski definition) is 1. The van der Waals surface area contributed by atoms with E-state index in [2.05, 4.69) is 10.2 Å². The number of benzene rings is 1. The summed E-state index contributed by atoms with van der Waals surface area (Å²) in [6.45, 7) is 1.31. The van der Waals surface area contributed by atoms with Gasteiger partial charge in [0.05, 0.1) is 11.9 Å². The minimum Gasteiger partial charge on any atom is -0.396 e. The molecule has 2 aromatic rings. The Morgan fingerprint density at radius 2 is 2.05 bits per heavy atom. The molecule has 1 saturated heterocycles. The molecule has 0 spiro atoms. The molecule has 19 heavy (non-hydrogen) atoms. The lowest BCUT2D eigenvalue weighted by molar-refractivity contribution is 0.0356. The van der Waals surface area contributed by atoms with E-state index in [4.69, 9.17) is 5.11 Å². The van der Waals surface area contributed by atoms with Crippen LogP contribution in [0.5, 0.6) is 0 Å². The molecule has 1 N–H and O–H groups in total. The fourth-order valence-corrected chi connectivity index (χ4v) is 2.06. The number of carbonyl (C=O) groups is 1. The molecule has 0 aliphatic carbocycles. The van der Waals surface area contributed by atoms with Crippen molar-refractivity contribution in [1.82, 2.24) is 19.9 Å². The maximum absolute atomic E-state index is 12.1. The van der Waals surface area contributed by atoms with Gasteiger partial charge in [0, 0.05) is 25.6 Å². The summed E-state index contributed by atoms with van der Waals surface area (Å²) in [4.78, 5) is 15.2. The number of hydrogen-bond acceptors (Lipinski definition) is 4. The largest absolute Gasteiger partial charge is 0.396 e. The molecule has 6 heteroatoms. The van der Waals surface area contributed by atoms with Crippen molar-refractivity contribution in [2.24, 2.45) is 5.92 Å². The van der Waals surface area contributed by atoms with E-state index in [-0.39, 0.29) is 18.4 Å². The summed E-state index contributed by atoms with van der Waals surface area (Å²) in [6.07, 6.45) is 1.47. The number of likely N-dealkylation sites (tertiary alicyclic amines) is 1. The van der Waals surface area contributed by atoms with Gasteiger partial charge >= 0.3 is 0 Å². The van der Waals surface area contributed by atoms with Crippen molar-refractivity contribution in [3.8, 4) is 5.69 Å². The summed E-state index contributed by atoms with van der Waals surface area (Å²) < 4.78 is 0. The monoisotopic (exact) mass is 258 g/mol. The summed E-state index contributed by atoms with van der Waals surface area (Å²) in [7, 11) is 0. The van der Waals surface area contributed by atoms with E-state index in [1.54, 1.807) is 4.90 Å². The lowest BCUT2D eigenvalue weighted by Crippen LogP contribution is -2.51. The standard InChI is InChI=1S/C13H14N4O2/c18-9-10-7-16(8-10)13(19)12-6-14-17(15-12)11-4-2-1-3-5-11/h1-6,10,18H,7-9H2. The summed E-state index contributed by atoms with van der Waals surface area (Å²) in [5.41, 5.74) is 1.15. The lowest BCUT2D eigenvalue weighted by Gasteiger charge is -2.37. The molecule has 1 aliphatic rings. The molecule has 2 heterocycles. The number of amides is 1. The molecule has 0 saturated carbocycles. The first-order chi connectivity index (χ1) is 9.28. The molecule has 0 bridgehead atoms. The van der Waals surface area contributed by atoms with Crippen LogP contribution in [-0.2, 0) is 0 Å². The SMILES string of the molecule is O=C(c1cnn(-c2ccccc2)n1)N1CC(CO)C1. The van der Waals surface area contributed by atoms with Crippen LogP contribution in [0.25, 0.3) is 5.69 Å². The van der Waals surface area contributed by atoms with Crippen molar-refractivity contribution < 1.29 is 9.90 Å². The Labute approximate surface area is 110 Å². The number of aliphatic hydroxyl groups is 1. The van der Waals surface area contributed by atoms with Gasteiger partial charge in [-0.3, -0.25) is 4.79 Å². The first-order valence-corrected chi connectivity index (χ1v) is 6.16. The average molecular weight is 258 g/mol. The van der Waals surface area contributed by atoms with Gasteiger partial charge in [0.25, 0.3) is 5.91 Å². The third-order valence-corrected chi connectivity index (χ3v) is 3.20. The molecule has 0 atom stereocenters. The molecule has 1 fully saturated rings. The predicted octanol–water partition coefficient (Wildman–Crippen LogP) is 0.332. The van der Waals surface area contributed by atoms with Gasteiger partial charge in [0.1, 0.15) is 0 Å². The van der Waals surface area contributed by atoms with Gasteiger partial charge in [-0.15, -0.1) is 5.10 Å². The second-order valence-electron chi connectivity index (χ2n) is 4.61. The fourth-order valence-electron chi connectivity index (χ4n) is 2.06. The van der Waals surface area contributed by atoms with Crippen LogP contribution in [-0.4, -0.2) is 50.6 Å². The molecule has 1 aromatic carbocycles. The van der Waals surface area contributed by atoms with Crippen LogP contribution in [0.1, 0.15) is 10.5 Å². The van der Waals surface area contributed by atoms with E-state index in [1.807, 2.05) is 30.3 Å². The Kier molecular flexibility index (Phi) is 3.00. The minimum absolute atomic E-state index is 0.125. The maximum atomic E-state index is 12.1. The second kappa shape index (κ2) is 4.81. The van der Waals surface area contributed by atoms with Crippen LogP contribution in [0.4, 0.5) is 0 Å². The summed E-state index contributed by atoms with van der Waals surface area (Å²) in [6, 6.07) is 9.44. The van der Waals surface area contributed by atoms with Crippen LogP contribution in [0.15, 0.2) is 36.5 Å². The first kappa shape index (κ1) is 11.9. The molecule has 0 radical (unpaired) electrons. The van der Waals surface area contributed by atoms with Gasteiger partial charge in [-0.05, 0) is 12.1 Å².